The zero-order valence-electron chi connectivity index (χ0n) is 11.2. The van der Waals surface area contributed by atoms with E-state index in [9.17, 15) is 4.79 Å². The van der Waals surface area contributed by atoms with E-state index in [1.54, 1.807) is 24.0 Å². The van der Waals surface area contributed by atoms with Gasteiger partial charge in [-0.05, 0) is 35.7 Å². The van der Waals surface area contributed by atoms with Crippen molar-refractivity contribution in [1.29, 1.82) is 0 Å². The fourth-order valence-corrected chi connectivity index (χ4v) is 2.64. The van der Waals surface area contributed by atoms with Crippen LogP contribution in [0, 0.1) is 5.92 Å². The van der Waals surface area contributed by atoms with E-state index in [1.807, 2.05) is 54.7 Å². The molecule has 0 aromatic heterocycles. The Morgan fingerprint density at radius 3 is 2.68 bits per heavy atom. The lowest BCUT2D eigenvalue weighted by Crippen LogP contribution is -2.09. The predicted octanol–water partition coefficient (Wildman–Crippen LogP) is 3.12. The van der Waals surface area contributed by atoms with Crippen molar-refractivity contribution in [2.24, 2.45) is 5.92 Å². The normalized spacial score (nSPS) is 17.9. The van der Waals surface area contributed by atoms with E-state index in [0.29, 0.717) is 0 Å². The first-order valence-corrected chi connectivity index (χ1v) is 7.24. The molecule has 0 amide bonds. The molecule has 1 aliphatic heterocycles. The lowest BCUT2D eigenvalue weighted by molar-refractivity contribution is -0.116. The molecule has 1 heterocycles. The summed E-state index contributed by atoms with van der Waals surface area (Å²) in [6.45, 7) is 0. The minimum atomic E-state index is 0.0409. The predicted molar refractivity (Wildman–Crippen MR) is 83.6 cm³/mol. The summed E-state index contributed by atoms with van der Waals surface area (Å²) in [5, 5.41) is 5.10. The van der Waals surface area contributed by atoms with Gasteiger partial charge in [-0.15, -0.1) is 11.8 Å². The monoisotopic (exact) mass is 274 g/mol. The third-order valence-corrected chi connectivity index (χ3v) is 3.83. The number of hydrogen-bond acceptors (Lipinski definition) is 4. The van der Waals surface area contributed by atoms with Gasteiger partial charge in [0.2, 0.25) is 0 Å². The van der Waals surface area contributed by atoms with Crippen molar-refractivity contribution in [3.63, 3.8) is 0 Å². The van der Waals surface area contributed by atoms with Crippen molar-refractivity contribution in [3.05, 3.63) is 48.0 Å². The molecule has 1 aliphatic rings. The first kappa shape index (κ1) is 13.7. The van der Waals surface area contributed by atoms with Gasteiger partial charge in [0.25, 0.3) is 0 Å². The van der Waals surface area contributed by atoms with E-state index < -0.39 is 0 Å². The highest BCUT2D eigenvalue weighted by Crippen LogP contribution is 2.21. The van der Waals surface area contributed by atoms with Gasteiger partial charge in [0.05, 0.1) is 0 Å². The van der Waals surface area contributed by atoms with Gasteiger partial charge in [0.15, 0.2) is 5.78 Å². The molecule has 0 bridgehead atoms. The maximum Gasteiger partial charge on any atom is 0.164 e. The number of allylic oxidation sites excluding steroid dienone is 2. The molecule has 1 unspecified atom stereocenters. The van der Waals surface area contributed by atoms with Gasteiger partial charge in [-0.25, -0.2) is 0 Å². The summed E-state index contributed by atoms with van der Waals surface area (Å²) >= 11 is 1.68. The Morgan fingerprint density at radius 1 is 1.37 bits per heavy atom. The van der Waals surface area contributed by atoms with E-state index in [-0.39, 0.29) is 11.7 Å². The number of nitrogens with one attached hydrogen (secondary N) is 1. The van der Waals surface area contributed by atoms with Gasteiger partial charge in [0, 0.05) is 43.3 Å². The fourth-order valence-electron chi connectivity index (χ4n) is 1.74. The van der Waals surface area contributed by atoms with Gasteiger partial charge in [0.1, 0.15) is 0 Å². The first-order valence-electron chi connectivity index (χ1n) is 6.19. The van der Waals surface area contributed by atoms with Crippen LogP contribution in [0.1, 0.15) is 0 Å². The smallest absolute Gasteiger partial charge is 0.164 e. The van der Waals surface area contributed by atoms with E-state index in [2.05, 4.69) is 5.32 Å². The Labute approximate surface area is 118 Å². The first-order chi connectivity index (χ1) is 9.16. The molecule has 0 fully saturated rings. The Kier molecular flexibility index (Phi) is 4.68. The van der Waals surface area contributed by atoms with E-state index in [0.717, 1.165) is 17.1 Å². The lowest BCUT2D eigenvalue weighted by Gasteiger charge is -2.12. The molecule has 1 atom stereocenters. The van der Waals surface area contributed by atoms with Crippen molar-refractivity contribution in [2.45, 2.75) is 0 Å². The summed E-state index contributed by atoms with van der Waals surface area (Å²) in [5.74, 6) is 1.05. The number of rotatable bonds is 5. The minimum absolute atomic E-state index is 0.0409. The fraction of sp³-hybridized carbons (Fsp3) is 0.267. The standard InChI is InChI=1S/C15H18N2OS/c1-17(2)14-5-3-13(4-6-14)16-9-7-15(18)12-8-10-19-11-12/h3-10,12,16H,11H2,1-2H3/b9-7-. The number of nitrogens with zero attached hydrogens (tertiary/aromatic N) is 1. The van der Waals surface area contributed by atoms with E-state index in [4.69, 9.17) is 0 Å². The van der Waals surface area contributed by atoms with E-state index >= 15 is 0 Å². The summed E-state index contributed by atoms with van der Waals surface area (Å²) in [5.41, 5.74) is 2.13. The molecule has 0 saturated carbocycles. The number of carbonyl (C=O) groups excluding carboxylic acids is 1. The zero-order valence-corrected chi connectivity index (χ0v) is 12.0. The summed E-state index contributed by atoms with van der Waals surface area (Å²) in [4.78, 5) is 13.8. The van der Waals surface area contributed by atoms with Crippen LogP contribution in [-0.2, 0) is 4.79 Å². The van der Waals surface area contributed by atoms with Gasteiger partial charge in [-0.2, -0.15) is 0 Å². The van der Waals surface area contributed by atoms with Crippen LogP contribution in [0.4, 0.5) is 11.4 Å². The van der Waals surface area contributed by atoms with Crippen LogP contribution < -0.4 is 10.2 Å². The average Bonchev–Trinajstić information content (AvgIpc) is 2.93. The van der Waals surface area contributed by atoms with Crippen LogP contribution in [0.2, 0.25) is 0 Å². The number of thioether (sulfide) groups is 1. The van der Waals surface area contributed by atoms with Crippen LogP contribution in [0.25, 0.3) is 0 Å². The van der Waals surface area contributed by atoms with E-state index in [1.165, 1.54) is 0 Å². The van der Waals surface area contributed by atoms with Crippen molar-refractivity contribution >= 4 is 28.9 Å². The molecule has 19 heavy (non-hydrogen) atoms. The molecule has 0 saturated heterocycles. The molecular weight excluding hydrogens is 256 g/mol. The summed E-state index contributed by atoms with van der Waals surface area (Å²) < 4.78 is 0. The Balaban J connectivity index is 1.87. The second kappa shape index (κ2) is 6.48. The maximum absolute atomic E-state index is 11.8. The van der Waals surface area contributed by atoms with Crippen molar-refractivity contribution in [2.75, 3.05) is 30.1 Å². The maximum atomic E-state index is 11.8. The summed E-state index contributed by atoms with van der Waals surface area (Å²) in [7, 11) is 4.02. The van der Waals surface area contributed by atoms with Crippen LogP contribution in [-0.4, -0.2) is 25.6 Å². The van der Waals surface area contributed by atoms with Crippen molar-refractivity contribution < 1.29 is 4.79 Å². The summed E-state index contributed by atoms with van der Waals surface area (Å²) in [6.07, 6.45) is 5.29. The largest absolute Gasteiger partial charge is 0.378 e. The van der Waals surface area contributed by atoms with Gasteiger partial charge in [-0.1, -0.05) is 6.08 Å². The zero-order chi connectivity index (χ0) is 13.7. The van der Waals surface area contributed by atoms with Gasteiger partial charge >= 0.3 is 0 Å². The molecule has 0 spiro atoms. The molecular formula is C15H18N2OS. The Bertz CT molecular complexity index is 491. The third kappa shape index (κ3) is 3.89. The van der Waals surface area contributed by atoms with Crippen molar-refractivity contribution in [1.82, 2.24) is 0 Å². The molecule has 1 N–H and O–H groups in total. The molecule has 4 heteroatoms. The highest BCUT2D eigenvalue weighted by atomic mass is 32.2. The average molecular weight is 274 g/mol. The van der Waals surface area contributed by atoms with Gasteiger partial charge < -0.3 is 10.2 Å². The molecule has 100 valence electrons. The third-order valence-electron chi connectivity index (χ3n) is 2.93. The van der Waals surface area contributed by atoms with Crippen LogP contribution >= 0.6 is 11.8 Å². The Hall–Kier alpha value is -1.68. The SMILES string of the molecule is CN(C)c1ccc(N/C=C\C(=O)C2C=CSC2)cc1. The number of carbonyl (C=O) groups is 1. The number of benzene rings is 1. The topological polar surface area (TPSA) is 32.3 Å². The van der Waals surface area contributed by atoms with Crippen LogP contribution in [0.5, 0.6) is 0 Å². The molecule has 0 radical (unpaired) electrons. The van der Waals surface area contributed by atoms with Crippen molar-refractivity contribution in [3.8, 4) is 0 Å². The second-order valence-corrected chi connectivity index (χ2v) is 5.53. The highest BCUT2D eigenvalue weighted by Gasteiger charge is 2.15. The molecule has 2 rings (SSSR count). The Morgan fingerprint density at radius 2 is 2.11 bits per heavy atom. The minimum Gasteiger partial charge on any atom is -0.378 e. The molecule has 1 aromatic rings. The van der Waals surface area contributed by atoms with Crippen LogP contribution in [0.3, 0.4) is 0 Å². The lowest BCUT2D eigenvalue weighted by atomic mass is 10.1. The number of anilines is 2. The number of ketones is 1. The second-order valence-electron chi connectivity index (χ2n) is 4.59. The van der Waals surface area contributed by atoms with Gasteiger partial charge in [-0.3, -0.25) is 4.79 Å². The molecule has 3 nitrogen and oxygen atoms in total. The quantitative estimate of drug-likeness (QED) is 0.836. The van der Waals surface area contributed by atoms with Crippen LogP contribution in [0.15, 0.2) is 48.0 Å². The number of hydrogen-bond donors (Lipinski definition) is 1. The molecule has 0 aliphatic carbocycles. The summed E-state index contributed by atoms with van der Waals surface area (Å²) in [6, 6.07) is 8.06. The molecule has 1 aromatic carbocycles. The highest BCUT2D eigenvalue weighted by molar-refractivity contribution is 8.02.